The summed E-state index contributed by atoms with van der Waals surface area (Å²) in [6.45, 7) is 15.8. The van der Waals surface area contributed by atoms with E-state index in [1.807, 2.05) is 34.6 Å². The highest BCUT2D eigenvalue weighted by Crippen LogP contribution is 2.06. The van der Waals surface area contributed by atoms with E-state index in [0.29, 0.717) is 0 Å². The molecule has 0 N–H and O–H groups in total. The van der Waals surface area contributed by atoms with E-state index in [1.54, 1.807) is 0 Å². The smallest absolute Gasteiger partial charge is 0.330 e. The molecule has 1 atom stereocenters. The summed E-state index contributed by atoms with van der Waals surface area (Å²) in [4.78, 5) is 20.9. The topological polar surface area (TPSA) is 52.6 Å². The van der Waals surface area contributed by atoms with Crippen molar-refractivity contribution in [3.05, 3.63) is 25.3 Å². The molecule has 0 amide bonds. The summed E-state index contributed by atoms with van der Waals surface area (Å²) in [6.07, 6.45) is 3.19. The second-order valence-corrected chi connectivity index (χ2v) is 4.60. The molecule has 4 heteroatoms. The van der Waals surface area contributed by atoms with Crippen LogP contribution in [0.25, 0.3) is 0 Å². The summed E-state index contributed by atoms with van der Waals surface area (Å²) in [5.74, 6) is -0.716. The van der Waals surface area contributed by atoms with Crippen LogP contribution < -0.4 is 0 Å². The first-order chi connectivity index (χ1) is 8.16. The van der Waals surface area contributed by atoms with Gasteiger partial charge in [-0.3, -0.25) is 0 Å². The van der Waals surface area contributed by atoms with Gasteiger partial charge in [0.2, 0.25) is 0 Å². The van der Waals surface area contributed by atoms with Crippen molar-refractivity contribution in [3.63, 3.8) is 0 Å². The number of hydrogen-bond donors (Lipinski definition) is 0. The van der Waals surface area contributed by atoms with E-state index in [9.17, 15) is 9.59 Å². The Bertz CT molecular complexity index is 287. The van der Waals surface area contributed by atoms with Crippen molar-refractivity contribution in [3.8, 4) is 0 Å². The van der Waals surface area contributed by atoms with E-state index in [2.05, 4.69) is 13.2 Å². The molecule has 0 saturated heterocycles. The van der Waals surface area contributed by atoms with Crippen molar-refractivity contribution in [2.75, 3.05) is 0 Å². The Morgan fingerprint density at radius 2 is 1.61 bits per heavy atom. The molecule has 4 nitrogen and oxygen atoms in total. The van der Waals surface area contributed by atoms with E-state index in [-0.39, 0.29) is 18.0 Å². The molecular formula is C14H24O4. The largest absolute Gasteiger partial charge is 0.460 e. The molecular weight excluding hydrogens is 232 g/mol. The molecule has 104 valence electrons. The van der Waals surface area contributed by atoms with Gasteiger partial charge in [0.05, 0.1) is 6.10 Å². The molecule has 0 spiro atoms. The first kappa shape index (κ1) is 18.8. The van der Waals surface area contributed by atoms with E-state index in [4.69, 9.17) is 9.47 Å². The Balaban J connectivity index is 0. The van der Waals surface area contributed by atoms with Crippen LogP contribution in [0.5, 0.6) is 0 Å². The summed E-state index contributed by atoms with van der Waals surface area (Å²) in [7, 11) is 0. The first-order valence-electron chi connectivity index (χ1n) is 5.84. The summed E-state index contributed by atoms with van der Waals surface area (Å²) in [5.41, 5.74) is -0.398. The van der Waals surface area contributed by atoms with Crippen molar-refractivity contribution < 1.29 is 19.1 Å². The zero-order valence-electron chi connectivity index (χ0n) is 12.0. The number of hydrogen-bond acceptors (Lipinski definition) is 4. The summed E-state index contributed by atoms with van der Waals surface area (Å²) in [5, 5.41) is 0. The lowest BCUT2D eigenvalue weighted by molar-refractivity contribution is -0.148. The van der Waals surface area contributed by atoms with E-state index < -0.39 is 5.60 Å². The maximum Gasteiger partial charge on any atom is 0.330 e. The minimum Gasteiger partial charge on any atom is -0.460 e. The first-order valence-corrected chi connectivity index (χ1v) is 5.84. The second-order valence-electron chi connectivity index (χ2n) is 4.60. The van der Waals surface area contributed by atoms with Gasteiger partial charge in [-0.2, -0.15) is 0 Å². The van der Waals surface area contributed by atoms with Crippen molar-refractivity contribution in [1.29, 1.82) is 0 Å². The summed E-state index contributed by atoms with van der Waals surface area (Å²) in [6, 6.07) is 0. The Kier molecular flexibility index (Phi) is 9.86. The van der Waals surface area contributed by atoms with Crippen LogP contribution in [0, 0.1) is 0 Å². The minimum atomic E-state index is -0.398. The highest BCUT2D eigenvalue weighted by Gasteiger charge is 2.12. The van der Waals surface area contributed by atoms with Crippen LogP contribution in [-0.2, 0) is 19.1 Å². The third-order valence-corrected chi connectivity index (χ3v) is 1.63. The molecule has 18 heavy (non-hydrogen) atoms. The van der Waals surface area contributed by atoms with Gasteiger partial charge in [0.15, 0.2) is 0 Å². The molecule has 0 aliphatic carbocycles. The number of esters is 2. The SMILES string of the molecule is C=CC(=O)OC(C)(C)C.C=CC(=O)OC(C)CC. The lowest BCUT2D eigenvalue weighted by Gasteiger charge is -2.17. The van der Waals surface area contributed by atoms with Gasteiger partial charge in [0.1, 0.15) is 5.60 Å². The zero-order valence-corrected chi connectivity index (χ0v) is 12.0. The highest BCUT2D eigenvalue weighted by atomic mass is 16.6. The summed E-state index contributed by atoms with van der Waals surface area (Å²) < 4.78 is 9.62. The molecule has 0 aliphatic heterocycles. The maximum atomic E-state index is 10.5. The Morgan fingerprint density at radius 1 is 1.17 bits per heavy atom. The van der Waals surface area contributed by atoms with Crippen LogP contribution in [0.2, 0.25) is 0 Å². The standard InChI is InChI=1S/2C7H12O2/c1-5-6(8)9-7(2,3)4;1-4-6(3)9-7(8)5-2/h5H,1H2,2-4H3;5-6H,2,4H2,1,3H3. The number of carbonyl (C=O) groups is 2. The van der Waals surface area contributed by atoms with E-state index >= 15 is 0 Å². The lowest BCUT2D eigenvalue weighted by atomic mass is 10.2. The normalized spacial score (nSPS) is 11.4. The second kappa shape index (κ2) is 9.45. The van der Waals surface area contributed by atoms with E-state index in [0.717, 1.165) is 12.5 Å². The fourth-order valence-electron chi connectivity index (χ4n) is 0.673. The van der Waals surface area contributed by atoms with Crippen LogP contribution in [-0.4, -0.2) is 23.6 Å². The fraction of sp³-hybridized carbons (Fsp3) is 0.571. The maximum absolute atomic E-state index is 10.5. The highest BCUT2D eigenvalue weighted by molar-refractivity contribution is 5.81. The van der Waals surface area contributed by atoms with Gasteiger partial charge in [0.25, 0.3) is 0 Å². The number of rotatable bonds is 4. The molecule has 0 aromatic rings. The Morgan fingerprint density at radius 3 is 1.83 bits per heavy atom. The van der Waals surface area contributed by atoms with Gasteiger partial charge in [0, 0.05) is 12.2 Å². The van der Waals surface area contributed by atoms with Gasteiger partial charge in [-0.25, -0.2) is 9.59 Å². The molecule has 0 bridgehead atoms. The molecule has 0 saturated carbocycles. The number of carbonyl (C=O) groups excluding carboxylic acids is 2. The number of ether oxygens (including phenoxy) is 2. The zero-order chi connectivity index (χ0) is 14.8. The third-order valence-electron chi connectivity index (χ3n) is 1.63. The molecule has 0 fully saturated rings. The molecule has 0 heterocycles. The summed E-state index contributed by atoms with van der Waals surface area (Å²) >= 11 is 0. The molecule has 0 aliphatic rings. The van der Waals surface area contributed by atoms with Gasteiger partial charge in [-0.1, -0.05) is 20.1 Å². The predicted molar refractivity (Wildman–Crippen MR) is 72.1 cm³/mol. The van der Waals surface area contributed by atoms with E-state index in [1.165, 1.54) is 6.08 Å². The average Bonchev–Trinajstić information content (AvgIpc) is 2.27. The predicted octanol–water partition coefficient (Wildman–Crippen LogP) is 3.03. The van der Waals surface area contributed by atoms with Crippen LogP contribution in [0.3, 0.4) is 0 Å². The van der Waals surface area contributed by atoms with Gasteiger partial charge in [-0.15, -0.1) is 0 Å². The Labute approximate surface area is 110 Å². The van der Waals surface area contributed by atoms with Crippen LogP contribution >= 0.6 is 0 Å². The van der Waals surface area contributed by atoms with Crippen molar-refractivity contribution in [2.45, 2.75) is 52.7 Å². The van der Waals surface area contributed by atoms with Crippen molar-refractivity contribution in [1.82, 2.24) is 0 Å². The Hall–Kier alpha value is -1.58. The average molecular weight is 256 g/mol. The van der Waals surface area contributed by atoms with Gasteiger partial charge < -0.3 is 9.47 Å². The quantitative estimate of drug-likeness (QED) is 0.573. The molecule has 1 unspecified atom stereocenters. The van der Waals surface area contributed by atoms with Crippen molar-refractivity contribution in [2.24, 2.45) is 0 Å². The van der Waals surface area contributed by atoms with Crippen LogP contribution in [0.4, 0.5) is 0 Å². The van der Waals surface area contributed by atoms with Crippen LogP contribution in [0.1, 0.15) is 41.0 Å². The molecule has 0 rings (SSSR count). The van der Waals surface area contributed by atoms with Crippen LogP contribution in [0.15, 0.2) is 25.3 Å². The third kappa shape index (κ3) is 14.4. The molecule has 0 aromatic carbocycles. The fourth-order valence-corrected chi connectivity index (χ4v) is 0.673. The molecule has 0 radical (unpaired) electrons. The van der Waals surface area contributed by atoms with Gasteiger partial charge >= 0.3 is 11.9 Å². The lowest BCUT2D eigenvalue weighted by Crippen LogP contribution is -2.22. The molecule has 0 aromatic heterocycles. The monoisotopic (exact) mass is 256 g/mol. The van der Waals surface area contributed by atoms with Crippen molar-refractivity contribution >= 4 is 11.9 Å². The minimum absolute atomic E-state index is 0.00972. The van der Waals surface area contributed by atoms with Gasteiger partial charge in [-0.05, 0) is 34.1 Å².